The highest BCUT2D eigenvalue weighted by molar-refractivity contribution is 8.01. The molecule has 46 heavy (non-hydrogen) atoms. The highest BCUT2D eigenvalue weighted by Crippen LogP contribution is 2.57. The van der Waals surface area contributed by atoms with Crippen LogP contribution in [0.15, 0.2) is 167 Å². The van der Waals surface area contributed by atoms with Gasteiger partial charge in [-0.3, -0.25) is 0 Å². The largest absolute Gasteiger partial charge is 0.455 e. The van der Waals surface area contributed by atoms with Gasteiger partial charge in [0.25, 0.3) is 0 Å². The number of nitrogens with one attached hydrogen (secondary N) is 1. The van der Waals surface area contributed by atoms with E-state index in [9.17, 15) is 0 Å². The van der Waals surface area contributed by atoms with Crippen LogP contribution >= 0.6 is 11.8 Å². The van der Waals surface area contributed by atoms with Gasteiger partial charge in [-0.1, -0.05) is 134 Å². The average molecular weight is 612 g/mol. The number of furan rings is 1. The van der Waals surface area contributed by atoms with E-state index in [2.05, 4.69) is 164 Å². The molecule has 2 nitrogen and oxygen atoms in total. The summed E-state index contributed by atoms with van der Waals surface area (Å²) in [5, 5.41) is 6.49. The standard InChI is InChI=1S/C43H33NOS/c1-43(27-11-19-36-33-16-8-9-20-38(33)46-42(36)43)30-21-23-31(24-22-30)44-37-26-25-35-34-18-10-17-32(28-12-4-2-5-13-28)40(34)45-41(35)39(37)29-14-6-3-7-15-29/h2-21,23-27,30,42,44H,22H2,1H3. The zero-order chi connectivity index (χ0) is 30.7. The van der Waals surface area contributed by atoms with E-state index >= 15 is 0 Å². The van der Waals surface area contributed by atoms with Gasteiger partial charge >= 0.3 is 0 Å². The minimum Gasteiger partial charge on any atom is -0.455 e. The van der Waals surface area contributed by atoms with Crippen LogP contribution in [0.1, 0.15) is 18.9 Å². The minimum atomic E-state index is 0.0329. The number of benzene rings is 5. The molecular formula is C43H33NOS. The molecule has 6 aromatic rings. The van der Waals surface area contributed by atoms with Gasteiger partial charge in [-0.15, -0.1) is 11.8 Å². The molecule has 222 valence electrons. The molecule has 0 spiro atoms. The van der Waals surface area contributed by atoms with E-state index in [1.54, 1.807) is 0 Å². The first-order chi connectivity index (χ1) is 22.7. The normalized spacial score (nSPS) is 21.6. The van der Waals surface area contributed by atoms with E-state index in [1.165, 1.54) is 16.0 Å². The predicted octanol–water partition coefficient (Wildman–Crippen LogP) is 11.9. The van der Waals surface area contributed by atoms with Crippen molar-refractivity contribution in [2.24, 2.45) is 11.3 Å². The number of para-hydroxylation sites is 1. The molecule has 0 bridgehead atoms. The molecule has 1 aromatic heterocycles. The quantitative estimate of drug-likeness (QED) is 0.210. The third-order valence-electron chi connectivity index (χ3n) is 10.0. The molecule has 2 aliphatic carbocycles. The lowest BCUT2D eigenvalue weighted by atomic mass is 9.67. The van der Waals surface area contributed by atoms with E-state index in [0.717, 1.165) is 62.0 Å². The topological polar surface area (TPSA) is 25.2 Å². The monoisotopic (exact) mass is 611 g/mol. The summed E-state index contributed by atoms with van der Waals surface area (Å²) in [4.78, 5) is 1.40. The Bertz CT molecular complexity index is 2260. The van der Waals surface area contributed by atoms with Crippen molar-refractivity contribution >= 4 is 45.0 Å². The molecule has 0 fully saturated rings. The summed E-state index contributed by atoms with van der Waals surface area (Å²) >= 11 is 2.03. The van der Waals surface area contributed by atoms with E-state index < -0.39 is 0 Å². The van der Waals surface area contributed by atoms with Crippen LogP contribution in [-0.4, -0.2) is 5.25 Å². The van der Waals surface area contributed by atoms with Gasteiger partial charge in [-0.25, -0.2) is 0 Å². The fourth-order valence-electron chi connectivity index (χ4n) is 7.58. The lowest BCUT2D eigenvalue weighted by molar-refractivity contribution is 0.323. The molecule has 0 amide bonds. The van der Waals surface area contributed by atoms with Crippen molar-refractivity contribution in [1.29, 1.82) is 0 Å². The lowest BCUT2D eigenvalue weighted by Crippen LogP contribution is -2.36. The van der Waals surface area contributed by atoms with E-state index in [4.69, 9.17) is 4.42 Å². The SMILES string of the molecule is CC1(C2C=CC(Nc3ccc4c(oc5c(-c6ccccc6)cccc54)c3-c3ccccc3)=CC2)C=CC=C2c3ccccc3SC21. The predicted molar refractivity (Wildman–Crippen MR) is 195 cm³/mol. The van der Waals surface area contributed by atoms with Gasteiger partial charge in [-0.05, 0) is 58.9 Å². The van der Waals surface area contributed by atoms with Crippen LogP contribution in [0.3, 0.4) is 0 Å². The summed E-state index contributed by atoms with van der Waals surface area (Å²) < 4.78 is 6.84. The summed E-state index contributed by atoms with van der Waals surface area (Å²) in [6, 6.07) is 40.8. The Kier molecular flexibility index (Phi) is 6.43. The third kappa shape index (κ3) is 4.34. The van der Waals surface area contributed by atoms with Crippen LogP contribution in [0.25, 0.3) is 49.8 Å². The molecular weight excluding hydrogens is 579 g/mol. The lowest BCUT2D eigenvalue weighted by Gasteiger charge is -2.41. The Labute approximate surface area is 273 Å². The van der Waals surface area contributed by atoms with Crippen molar-refractivity contribution in [3.63, 3.8) is 0 Å². The van der Waals surface area contributed by atoms with Crippen LogP contribution in [0.5, 0.6) is 0 Å². The number of hydrogen-bond acceptors (Lipinski definition) is 3. The average Bonchev–Trinajstić information content (AvgIpc) is 3.69. The molecule has 9 rings (SSSR count). The minimum absolute atomic E-state index is 0.0329. The van der Waals surface area contributed by atoms with Gasteiger partial charge in [-0.2, -0.15) is 0 Å². The number of allylic oxidation sites excluding steroid dienone is 6. The molecule has 1 aliphatic heterocycles. The van der Waals surface area contributed by atoms with E-state index in [0.29, 0.717) is 11.2 Å². The maximum atomic E-state index is 6.84. The molecule has 0 saturated carbocycles. The van der Waals surface area contributed by atoms with Crippen molar-refractivity contribution in [3.8, 4) is 22.3 Å². The van der Waals surface area contributed by atoms with Crippen LogP contribution in [0.4, 0.5) is 5.69 Å². The molecule has 3 unspecified atom stereocenters. The first kappa shape index (κ1) is 27.3. The number of rotatable bonds is 5. The summed E-state index contributed by atoms with van der Waals surface area (Å²) in [5.74, 6) is 0.410. The molecule has 0 radical (unpaired) electrons. The van der Waals surface area contributed by atoms with Crippen LogP contribution in [0, 0.1) is 11.3 Å². The summed E-state index contributed by atoms with van der Waals surface area (Å²) in [6.07, 6.45) is 15.1. The van der Waals surface area contributed by atoms with Crippen molar-refractivity contribution in [3.05, 3.63) is 163 Å². The molecule has 1 N–H and O–H groups in total. The Morgan fingerprint density at radius 1 is 0.739 bits per heavy atom. The molecule has 2 heterocycles. The first-order valence-corrected chi connectivity index (χ1v) is 17.0. The Morgan fingerprint density at radius 3 is 2.28 bits per heavy atom. The van der Waals surface area contributed by atoms with Gasteiger partial charge < -0.3 is 9.73 Å². The van der Waals surface area contributed by atoms with Crippen molar-refractivity contribution in [2.75, 3.05) is 5.32 Å². The molecule has 3 atom stereocenters. The fourth-order valence-corrected chi connectivity index (χ4v) is 9.14. The summed E-state index contributed by atoms with van der Waals surface area (Å²) in [5.41, 5.74) is 11.4. The number of thioether (sulfide) groups is 1. The van der Waals surface area contributed by atoms with Crippen LogP contribution in [0.2, 0.25) is 0 Å². The van der Waals surface area contributed by atoms with Gasteiger partial charge in [0, 0.05) is 43.2 Å². The zero-order valence-corrected chi connectivity index (χ0v) is 26.4. The van der Waals surface area contributed by atoms with E-state index in [-0.39, 0.29) is 5.41 Å². The number of anilines is 1. The Hall–Kier alpha value is -4.99. The maximum Gasteiger partial charge on any atom is 0.145 e. The molecule has 3 heteroatoms. The Balaban J connectivity index is 1.07. The third-order valence-corrected chi connectivity index (χ3v) is 11.6. The smallest absolute Gasteiger partial charge is 0.145 e. The maximum absolute atomic E-state index is 6.84. The van der Waals surface area contributed by atoms with Crippen molar-refractivity contribution < 1.29 is 4.42 Å². The van der Waals surface area contributed by atoms with Gasteiger partial charge in [0.05, 0.1) is 5.69 Å². The van der Waals surface area contributed by atoms with Gasteiger partial charge in [0.15, 0.2) is 0 Å². The first-order valence-electron chi connectivity index (χ1n) is 16.1. The van der Waals surface area contributed by atoms with Crippen LogP contribution in [-0.2, 0) is 0 Å². The molecule has 0 saturated heterocycles. The van der Waals surface area contributed by atoms with Gasteiger partial charge in [0.2, 0.25) is 0 Å². The second-order valence-corrected chi connectivity index (χ2v) is 13.9. The summed E-state index contributed by atoms with van der Waals surface area (Å²) in [6.45, 7) is 2.44. The van der Waals surface area contributed by atoms with E-state index in [1.807, 2.05) is 11.8 Å². The summed E-state index contributed by atoms with van der Waals surface area (Å²) in [7, 11) is 0. The zero-order valence-electron chi connectivity index (χ0n) is 25.6. The second kappa shape index (κ2) is 10.8. The highest BCUT2D eigenvalue weighted by atomic mass is 32.2. The van der Waals surface area contributed by atoms with Crippen molar-refractivity contribution in [2.45, 2.75) is 23.5 Å². The fraction of sp³-hybridized carbons (Fsp3) is 0.116. The van der Waals surface area contributed by atoms with Crippen LogP contribution < -0.4 is 5.32 Å². The molecule has 3 aliphatic rings. The Morgan fingerprint density at radius 2 is 1.48 bits per heavy atom. The number of fused-ring (bicyclic) bond motifs is 6. The second-order valence-electron chi connectivity index (χ2n) is 12.7. The molecule has 5 aromatic carbocycles. The number of hydrogen-bond donors (Lipinski definition) is 1. The van der Waals surface area contributed by atoms with Gasteiger partial charge in [0.1, 0.15) is 11.2 Å². The highest BCUT2D eigenvalue weighted by Gasteiger charge is 2.45. The van der Waals surface area contributed by atoms with Crippen molar-refractivity contribution in [1.82, 2.24) is 0 Å².